The van der Waals surface area contributed by atoms with Crippen molar-refractivity contribution in [2.45, 2.75) is 19.4 Å². The summed E-state index contributed by atoms with van der Waals surface area (Å²) in [7, 11) is 1.91. The zero-order chi connectivity index (χ0) is 14.7. The molecule has 21 heavy (non-hydrogen) atoms. The predicted octanol–water partition coefficient (Wildman–Crippen LogP) is 3.00. The van der Waals surface area contributed by atoms with Crippen LogP contribution in [0.4, 0.5) is 5.69 Å². The molecule has 0 spiro atoms. The van der Waals surface area contributed by atoms with Crippen molar-refractivity contribution in [3.05, 3.63) is 65.2 Å². The lowest BCUT2D eigenvalue weighted by molar-refractivity contribution is 0.0985. The van der Waals surface area contributed by atoms with Crippen LogP contribution in [0.15, 0.2) is 48.5 Å². The Morgan fingerprint density at radius 3 is 2.90 bits per heavy atom. The normalized spacial score (nSPS) is 13.9. The molecular formula is C18H20N2O. The molecule has 1 aliphatic heterocycles. The number of amides is 1. The highest BCUT2D eigenvalue weighted by Gasteiger charge is 2.23. The van der Waals surface area contributed by atoms with Gasteiger partial charge >= 0.3 is 0 Å². The molecule has 1 N–H and O–H groups in total. The number of nitrogens with one attached hydrogen (secondary N) is 1. The van der Waals surface area contributed by atoms with Crippen LogP contribution in [0.3, 0.4) is 0 Å². The summed E-state index contributed by atoms with van der Waals surface area (Å²) in [6.45, 7) is 1.57. The Kier molecular flexibility index (Phi) is 4.02. The average molecular weight is 280 g/mol. The molecule has 0 saturated carbocycles. The van der Waals surface area contributed by atoms with Crippen LogP contribution in [0.25, 0.3) is 0 Å². The van der Waals surface area contributed by atoms with Crippen molar-refractivity contribution in [2.75, 3.05) is 18.5 Å². The summed E-state index contributed by atoms with van der Waals surface area (Å²) in [6, 6.07) is 16.1. The Balaban J connectivity index is 1.91. The van der Waals surface area contributed by atoms with Crippen LogP contribution in [-0.4, -0.2) is 19.5 Å². The van der Waals surface area contributed by atoms with Gasteiger partial charge in [0.05, 0.1) is 0 Å². The molecule has 0 radical (unpaired) electrons. The number of benzene rings is 2. The van der Waals surface area contributed by atoms with E-state index in [1.54, 1.807) is 0 Å². The molecule has 3 rings (SSSR count). The van der Waals surface area contributed by atoms with E-state index in [2.05, 4.69) is 11.4 Å². The van der Waals surface area contributed by atoms with Crippen molar-refractivity contribution in [1.29, 1.82) is 0 Å². The van der Waals surface area contributed by atoms with Gasteiger partial charge in [-0.1, -0.05) is 30.3 Å². The number of anilines is 1. The molecule has 0 fully saturated rings. The molecular weight excluding hydrogens is 260 g/mol. The number of hydrogen-bond acceptors (Lipinski definition) is 2. The third kappa shape index (κ3) is 2.83. The maximum absolute atomic E-state index is 12.8. The number of fused-ring (bicyclic) bond motifs is 1. The number of aryl methyl sites for hydroxylation is 1. The Morgan fingerprint density at radius 1 is 1.19 bits per heavy atom. The Labute approximate surface area is 125 Å². The van der Waals surface area contributed by atoms with Crippen molar-refractivity contribution in [3.8, 4) is 0 Å². The minimum Gasteiger partial charge on any atom is -0.316 e. The number of para-hydroxylation sites is 1. The van der Waals surface area contributed by atoms with E-state index in [0.29, 0.717) is 0 Å². The van der Waals surface area contributed by atoms with Crippen molar-refractivity contribution in [2.24, 2.45) is 0 Å². The van der Waals surface area contributed by atoms with Gasteiger partial charge in [-0.15, -0.1) is 0 Å². The molecule has 1 amide bonds. The molecule has 0 atom stereocenters. The smallest absolute Gasteiger partial charge is 0.258 e. The fourth-order valence-electron chi connectivity index (χ4n) is 2.92. The summed E-state index contributed by atoms with van der Waals surface area (Å²) >= 11 is 0. The first-order valence-corrected chi connectivity index (χ1v) is 7.43. The van der Waals surface area contributed by atoms with Crippen LogP contribution in [0, 0.1) is 0 Å². The lowest BCUT2D eigenvalue weighted by Crippen LogP contribution is -2.35. The quantitative estimate of drug-likeness (QED) is 0.937. The van der Waals surface area contributed by atoms with E-state index >= 15 is 0 Å². The van der Waals surface area contributed by atoms with E-state index in [1.165, 1.54) is 5.56 Å². The standard InChI is InChI=1S/C18H20N2O/c1-19-13-14-6-4-8-16(12-14)18(21)20-11-5-9-15-7-2-3-10-17(15)20/h2-4,6-8,10,12,19H,5,9,11,13H2,1H3. The second-order valence-corrected chi connectivity index (χ2v) is 5.42. The lowest BCUT2D eigenvalue weighted by atomic mass is 10.0. The van der Waals surface area contributed by atoms with E-state index in [9.17, 15) is 4.79 Å². The van der Waals surface area contributed by atoms with Crippen LogP contribution in [0.2, 0.25) is 0 Å². The third-order valence-corrected chi connectivity index (χ3v) is 3.91. The number of carbonyl (C=O) groups excluding carboxylic acids is 1. The van der Waals surface area contributed by atoms with Gasteiger partial charge < -0.3 is 10.2 Å². The molecule has 3 heteroatoms. The van der Waals surface area contributed by atoms with E-state index < -0.39 is 0 Å². The van der Waals surface area contributed by atoms with Crippen molar-refractivity contribution >= 4 is 11.6 Å². The summed E-state index contributed by atoms with van der Waals surface area (Å²) in [5, 5.41) is 3.12. The highest BCUT2D eigenvalue weighted by molar-refractivity contribution is 6.06. The average Bonchev–Trinajstić information content (AvgIpc) is 2.54. The summed E-state index contributed by atoms with van der Waals surface area (Å²) in [5.74, 6) is 0.0973. The number of hydrogen-bond donors (Lipinski definition) is 1. The molecule has 0 saturated heterocycles. The Hall–Kier alpha value is -2.13. The van der Waals surface area contributed by atoms with E-state index in [0.717, 1.165) is 42.7 Å². The van der Waals surface area contributed by atoms with Gasteiger partial charge in [-0.3, -0.25) is 4.79 Å². The van der Waals surface area contributed by atoms with Crippen LogP contribution in [0.5, 0.6) is 0 Å². The van der Waals surface area contributed by atoms with Crippen LogP contribution >= 0.6 is 0 Å². The molecule has 108 valence electrons. The minimum atomic E-state index is 0.0973. The van der Waals surface area contributed by atoms with E-state index in [4.69, 9.17) is 0 Å². The summed E-state index contributed by atoms with van der Waals surface area (Å²) in [4.78, 5) is 14.7. The highest BCUT2D eigenvalue weighted by atomic mass is 16.2. The highest BCUT2D eigenvalue weighted by Crippen LogP contribution is 2.28. The molecule has 1 aliphatic rings. The summed E-state index contributed by atoms with van der Waals surface area (Å²) < 4.78 is 0. The molecule has 2 aromatic carbocycles. The maximum Gasteiger partial charge on any atom is 0.258 e. The molecule has 0 unspecified atom stereocenters. The molecule has 2 aromatic rings. The van der Waals surface area contributed by atoms with Gasteiger partial charge in [-0.2, -0.15) is 0 Å². The largest absolute Gasteiger partial charge is 0.316 e. The molecule has 0 aliphatic carbocycles. The molecule has 3 nitrogen and oxygen atoms in total. The first-order chi connectivity index (χ1) is 10.3. The van der Waals surface area contributed by atoms with E-state index in [-0.39, 0.29) is 5.91 Å². The van der Waals surface area contributed by atoms with Gasteiger partial charge in [0.2, 0.25) is 0 Å². The van der Waals surface area contributed by atoms with Gasteiger partial charge in [-0.25, -0.2) is 0 Å². The topological polar surface area (TPSA) is 32.3 Å². The Morgan fingerprint density at radius 2 is 2.05 bits per heavy atom. The van der Waals surface area contributed by atoms with Gasteiger partial charge in [0.15, 0.2) is 0 Å². The van der Waals surface area contributed by atoms with Crippen LogP contribution in [0.1, 0.15) is 27.9 Å². The summed E-state index contributed by atoms with van der Waals surface area (Å²) in [5.41, 5.74) is 4.23. The molecule has 0 aromatic heterocycles. The number of rotatable bonds is 3. The van der Waals surface area contributed by atoms with Crippen molar-refractivity contribution < 1.29 is 4.79 Å². The Bertz CT molecular complexity index is 651. The van der Waals surface area contributed by atoms with Gasteiger partial charge in [0.25, 0.3) is 5.91 Å². The lowest BCUT2D eigenvalue weighted by Gasteiger charge is -2.29. The van der Waals surface area contributed by atoms with Gasteiger partial charge in [-0.05, 0) is 49.2 Å². The van der Waals surface area contributed by atoms with Crippen LogP contribution < -0.4 is 10.2 Å². The number of carbonyl (C=O) groups is 1. The molecule has 0 bridgehead atoms. The predicted molar refractivity (Wildman–Crippen MR) is 85.6 cm³/mol. The first kappa shape index (κ1) is 13.8. The maximum atomic E-state index is 12.8. The minimum absolute atomic E-state index is 0.0973. The van der Waals surface area contributed by atoms with Crippen molar-refractivity contribution in [3.63, 3.8) is 0 Å². The SMILES string of the molecule is CNCc1cccc(C(=O)N2CCCc3ccccc32)c1. The van der Waals surface area contributed by atoms with Crippen LogP contribution in [-0.2, 0) is 13.0 Å². The third-order valence-electron chi connectivity index (χ3n) is 3.91. The summed E-state index contributed by atoms with van der Waals surface area (Å²) in [6.07, 6.45) is 2.08. The first-order valence-electron chi connectivity index (χ1n) is 7.43. The number of nitrogens with zero attached hydrogens (tertiary/aromatic N) is 1. The zero-order valence-electron chi connectivity index (χ0n) is 12.3. The van der Waals surface area contributed by atoms with Crippen molar-refractivity contribution in [1.82, 2.24) is 5.32 Å². The monoisotopic (exact) mass is 280 g/mol. The van der Waals surface area contributed by atoms with E-state index in [1.807, 2.05) is 54.4 Å². The fourth-order valence-corrected chi connectivity index (χ4v) is 2.92. The molecule has 1 heterocycles. The fraction of sp³-hybridized carbons (Fsp3) is 0.278. The second-order valence-electron chi connectivity index (χ2n) is 5.42. The van der Waals surface area contributed by atoms with Gasteiger partial charge in [0, 0.05) is 24.3 Å². The zero-order valence-corrected chi connectivity index (χ0v) is 12.3. The van der Waals surface area contributed by atoms with Gasteiger partial charge in [0.1, 0.15) is 0 Å². The second kappa shape index (κ2) is 6.10.